The topological polar surface area (TPSA) is 99.9 Å². The summed E-state index contributed by atoms with van der Waals surface area (Å²) in [5, 5.41) is 15.4. The van der Waals surface area contributed by atoms with Gasteiger partial charge < -0.3 is 15.4 Å². The highest BCUT2D eigenvalue weighted by molar-refractivity contribution is 5.70. The van der Waals surface area contributed by atoms with E-state index in [-0.39, 0.29) is 11.8 Å². The number of anilines is 2. The second-order valence-corrected chi connectivity index (χ2v) is 9.03. The fraction of sp³-hybridized carbons (Fsp3) is 0.280. The van der Waals surface area contributed by atoms with Crippen molar-refractivity contribution in [2.75, 3.05) is 5.32 Å². The Morgan fingerprint density at radius 2 is 1.67 bits per heavy atom. The molecule has 0 saturated carbocycles. The van der Waals surface area contributed by atoms with Crippen LogP contribution in [-0.4, -0.2) is 21.7 Å². The Balaban J connectivity index is 1.84. The van der Waals surface area contributed by atoms with Gasteiger partial charge in [-0.15, -0.1) is 0 Å². The zero-order valence-corrected chi connectivity index (χ0v) is 19.2. The molecule has 3 aromatic rings. The Bertz CT molecular complexity index is 1180. The third-order valence-corrected chi connectivity index (χ3v) is 4.70. The van der Waals surface area contributed by atoms with E-state index in [4.69, 9.17) is 4.74 Å². The molecular formula is C25H26FN5O2. The molecule has 8 heteroatoms. The lowest BCUT2D eigenvalue weighted by atomic mass is 9.93. The predicted molar refractivity (Wildman–Crippen MR) is 124 cm³/mol. The lowest BCUT2D eigenvalue weighted by Gasteiger charge is -2.29. The summed E-state index contributed by atoms with van der Waals surface area (Å²) < 4.78 is 18.5. The van der Waals surface area contributed by atoms with E-state index in [1.165, 1.54) is 18.3 Å². The molecule has 0 saturated heterocycles. The summed E-state index contributed by atoms with van der Waals surface area (Å²) >= 11 is 0. The molecule has 0 bridgehead atoms. The first-order chi connectivity index (χ1) is 15.5. The summed E-state index contributed by atoms with van der Waals surface area (Å²) in [5.41, 5.74) is 1.70. The number of amides is 1. The standard InChI is InChI=1S/C25H26FN5O2/c1-24(2,3)33-23(32)31-25(4,5)18-8-6-16(7-9-18)21-17(14-27)15-28-22(30-21)29-20-12-10-19(26)11-13-20/h6-13,15H,1-5H3,(H,31,32)(H,28,29,30). The van der Waals surface area contributed by atoms with Crippen LogP contribution >= 0.6 is 0 Å². The van der Waals surface area contributed by atoms with Crippen molar-refractivity contribution in [3.05, 3.63) is 71.7 Å². The van der Waals surface area contributed by atoms with Crippen molar-refractivity contribution in [2.24, 2.45) is 0 Å². The molecule has 0 unspecified atom stereocenters. The van der Waals surface area contributed by atoms with E-state index in [2.05, 4.69) is 26.7 Å². The molecule has 33 heavy (non-hydrogen) atoms. The van der Waals surface area contributed by atoms with Gasteiger partial charge in [-0.25, -0.2) is 19.2 Å². The third-order valence-electron chi connectivity index (χ3n) is 4.70. The van der Waals surface area contributed by atoms with Crippen molar-refractivity contribution in [3.63, 3.8) is 0 Å². The van der Waals surface area contributed by atoms with Gasteiger partial charge >= 0.3 is 6.09 Å². The molecule has 0 fully saturated rings. The van der Waals surface area contributed by atoms with Gasteiger partial charge in [-0.2, -0.15) is 5.26 Å². The maximum Gasteiger partial charge on any atom is 0.408 e. The zero-order chi connectivity index (χ0) is 24.2. The molecular weight excluding hydrogens is 421 g/mol. The largest absolute Gasteiger partial charge is 0.444 e. The van der Waals surface area contributed by atoms with Gasteiger partial charge in [0.15, 0.2) is 0 Å². The second-order valence-electron chi connectivity index (χ2n) is 9.03. The Morgan fingerprint density at radius 1 is 1.03 bits per heavy atom. The van der Waals surface area contributed by atoms with Crippen molar-refractivity contribution in [2.45, 2.75) is 45.8 Å². The molecule has 2 N–H and O–H groups in total. The summed E-state index contributed by atoms with van der Waals surface area (Å²) in [7, 11) is 0. The highest BCUT2D eigenvalue weighted by Crippen LogP contribution is 2.27. The van der Waals surface area contributed by atoms with Crippen molar-refractivity contribution >= 4 is 17.7 Å². The summed E-state index contributed by atoms with van der Waals surface area (Å²) in [6, 6.07) is 15.3. The molecule has 7 nitrogen and oxygen atoms in total. The van der Waals surface area contributed by atoms with Crippen molar-refractivity contribution in [1.29, 1.82) is 5.26 Å². The summed E-state index contributed by atoms with van der Waals surface area (Å²) in [5.74, 6) is -0.0576. The van der Waals surface area contributed by atoms with E-state index in [0.29, 0.717) is 22.5 Å². The highest BCUT2D eigenvalue weighted by Gasteiger charge is 2.26. The van der Waals surface area contributed by atoms with E-state index in [0.717, 1.165) is 5.56 Å². The van der Waals surface area contributed by atoms with Crippen molar-refractivity contribution in [1.82, 2.24) is 15.3 Å². The van der Waals surface area contributed by atoms with Gasteiger partial charge in [0.1, 0.15) is 17.5 Å². The Morgan fingerprint density at radius 3 is 2.24 bits per heavy atom. The number of aromatic nitrogens is 2. The van der Waals surface area contributed by atoms with Crippen LogP contribution in [0.1, 0.15) is 45.7 Å². The van der Waals surface area contributed by atoms with Gasteiger partial charge in [0.05, 0.1) is 23.0 Å². The number of carbonyl (C=O) groups excluding carboxylic acids is 1. The van der Waals surface area contributed by atoms with Gasteiger partial charge in [0.25, 0.3) is 0 Å². The van der Waals surface area contributed by atoms with Gasteiger partial charge in [-0.05, 0) is 64.4 Å². The van der Waals surface area contributed by atoms with Crippen LogP contribution in [0.3, 0.4) is 0 Å². The van der Waals surface area contributed by atoms with Gasteiger partial charge in [0.2, 0.25) is 5.95 Å². The number of rotatable bonds is 5. The SMILES string of the molecule is CC(C)(C)OC(=O)NC(C)(C)c1ccc(-c2nc(Nc3ccc(F)cc3)ncc2C#N)cc1. The molecule has 1 amide bonds. The maximum absolute atomic E-state index is 13.1. The fourth-order valence-corrected chi connectivity index (χ4v) is 3.08. The molecule has 0 spiro atoms. The number of nitrogens with zero attached hydrogens (tertiary/aromatic N) is 3. The number of alkyl carbamates (subject to hydrolysis) is 1. The summed E-state index contributed by atoms with van der Waals surface area (Å²) in [4.78, 5) is 20.9. The first-order valence-electron chi connectivity index (χ1n) is 10.4. The average molecular weight is 448 g/mol. The van der Waals surface area contributed by atoms with Crippen LogP contribution in [0.4, 0.5) is 20.8 Å². The normalized spacial score (nSPS) is 11.4. The van der Waals surface area contributed by atoms with Crippen LogP contribution in [0.15, 0.2) is 54.7 Å². The lowest BCUT2D eigenvalue weighted by molar-refractivity contribution is 0.0470. The average Bonchev–Trinajstić information content (AvgIpc) is 2.73. The van der Waals surface area contributed by atoms with Crippen LogP contribution in [-0.2, 0) is 10.3 Å². The van der Waals surface area contributed by atoms with E-state index >= 15 is 0 Å². The number of nitriles is 1. The maximum atomic E-state index is 13.1. The number of ether oxygens (including phenoxy) is 1. The van der Waals surface area contributed by atoms with E-state index in [9.17, 15) is 14.4 Å². The fourth-order valence-electron chi connectivity index (χ4n) is 3.08. The van der Waals surface area contributed by atoms with Gasteiger partial charge in [0, 0.05) is 11.3 Å². The first-order valence-corrected chi connectivity index (χ1v) is 10.4. The van der Waals surface area contributed by atoms with Crippen molar-refractivity contribution in [3.8, 4) is 17.3 Å². The van der Waals surface area contributed by atoms with E-state index in [1.54, 1.807) is 12.1 Å². The molecule has 0 atom stereocenters. The molecule has 170 valence electrons. The zero-order valence-electron chi connectivity index (χ0n) is 19.2. The summed E-state index contributed by atoms with van der Waals surface area (Å²) in [6.07, 6.45) is 0.937. The number of hydrogen-bond acceptors (Lipinski definition) is 6. The highest BCUT2D eigenvalue weighted by atomic mass is 19.1. The number of benzene rings is 2. The summed E-state index contributed by atoms with van der Waals surface area (Å²) in [6.45, 7) is 9.18. The molecule has 1 aromatic heterocycles. The minimum atomic E-state index is -0.681. The van der Waals surface area contributed by atoms with Crippen LogP contribution < -0.4 is 10.6 Å². The molecule has 3 rings (SSSR count). The van der Waals surface area contributed by atoms with Crippen LogP contribution in [0, 0.1) is 17.1 Å². The quantitative estimate of drug-likeness (QED) is 0.524. The van der Waals surface area contributed by atoms with E-state index in [1.807, 2.05) is 58.9 Å². The second kappa shape index (κ2) is 9.25. The first kappa shape index (κ1) is 23.7. The van der Waals surface area contributed by atoms with Crippen LogP contribution in [0.2, 0.25) is 0 Å². The predicted octanol–water partition coefficient (Wildman–Crippen LogP) is 5.66. The number of carbonyl (C=O) groups is 1. The molecule has 1 heterocycles. The molecule has 0 aliphatic carbocycles. The van der Waals surface area contributed by atoms with Gasteiger partial charge in [-0.3, -0.25) is 0 Å². The van der Waals surface area contributed by atoms with Crippen LogP contribution in [0.25, 0.3) is 11.3 Å². The molecule has 2 aromatic carbocycles. The Labute approximate surface area is 192 Å². The van der Waals surface area contributed by atoms with Crippen molar-refractivity contribution < 1.29 is 13.9 Å². The van der Waals surface area contributed by atoms with Gasteiger partial charge in [-0.1, -0.05) is 24.3 Å². The number of nitrogens with one attached hydrogen (secondary N) is 2. The monoisotopic (exact) mass is 447 g/mol. The number of hydrogen-bond donors (Lipinski definition) is 2. The molecule has 0 aliphatic rings. The Hall–Kier alpha value is -3.99. The van der Waals surface area contributed by atoms with E-state index < -0.39 is 17.2 Å². The lowest BCUT2D eigenvalue weighted by Crippen LogP contribution is -2.43. The molecule has 0 radical (unpaired) electrons. The number of halogens is 1. The Kier molecular flexibility index (Phi) is 6.63. The van der Waals surface area contributed by atoms with Crippen LogP contribution in [0.5, 0.6) is 0 Å². The minimum absolute atomic E-state index is 0.284. The smallest absolute Gasteiger partial charge is 0.408 e. The third kappa shape index (κ3) is 6.26. The molecule has 0 aliphatic heterocycles. The minimum Gasteiger partial charge on any atom is -0.444 e.